The number of nitrogens with one attached hydrogen (secondary N) is 1. The first-order valence-corrected chi connectivity index (χ1v) is 10.9. The molecule has 7 nitrogen and oxygen atoms in total. The maximum atomic E-state index is 13.0. The van der Waals surface area contributed by atoms with E-state index in [1.54, 1.807) is 14.0 Å². The van der Waals surface area contributed by atoms with Crippen LogP contribution in [0.15, 0.2) is 48.5 Å². The summed E-state index contributed by atoms with van der Waals surface area (Å²) in [4.78, 5) is 26.5. The summed E-state index contributed by atoms with van der Waals surface area (Å²) in [5.41, 5.74) is 1.08. The zero-order valence-corrected chi connectivity index (χ0v) is 19.1. The fourth-order valence-electron chi connectivity index (χ4n) is 3.81. The van der Waals surface area contributed by atoms with Gasteiger partial charge in [-0.25, -0.2) is 4.79 Å². The van der Waals surface area contributed by atoms with E-state index >= 15 is 0 Å². The maximum Gasteiger partial charge on any atom is 0.325 e. The lowest BCUT2D eigenvalue weighted by molar-refractivity contribution is -0.132. The third-order valence-electron chi connectivity index (χ3n) is 5.78. The van der Waals surface area contributed by atoms with Crippen molar-refractivity contribution in [1.82, 2.24) is 10.2 Å². The van der Waals surface area contributed by atoms with Crippen molar-refractivity contribution in [2.45, 2.75) is 51.2 Å². The van der Waals surface area contributed by atoms with E-state index in [0.29, 0.717) is 18.6 Å². The summed E-state index contributed by atoms with van der Waals surface area (Å²) in [5.74, 6) is 1.41. The summed E-state index contributed by atoms with van der Waals surface area (Å²) in [6.07, 6.45) is 0.0844. The summed E-state index contributed by atoms with van der Waals surface area (Å²) in [6, 6.07) is 14.8. The molecular weight excluding hydrogens is 408 g/mol. The van der Waals surface area contributed by atoms with Crippen molar-refractivity contribution in [2.24, 2.45) is 0 Å². The second-order valence-corrected chi connectivity index (χ2v) is 8.68. The van der Waals surface area contributed by atoms with Crippen molar-refractivity contribution >= 4 is 11.9 Å². The Kier molecular flexibility index (Phi) is 7.40. The quantitative estimate of drug-likeness (QED) is 0.552. The van der Waals surface area contributed by atoms with Gasteiger partial charge in [0.1, 0.15) is 29.7 Å². The molecule has 172 valence electrons. The van der Waals surface area contributed by atoms with Crippen molar-refractivity contribution < 1.29 is 24.2 Å². The van der Waals surface area contributed by atoms with Crippen LogP contribution in [-0.2, 0) is 11.2 Å². The van der Waals surface area contributed by atoms with Gasteiger partial charge in [0, 0.05) is 0 Å². The van der Waals surface area contributed by atoms with E-state index in [4.69, 9.17) is 9.47 Å². The first-order chi connectivity index (χ1) is 15.2. The van der Waals surface area contributed by atoms with Gasteiger partial charge in [-0.3, -0.25) is 9.69 Å². The number of benzene rings is 2. The molecule has 1 fully saturated rings. The average molecular weight is 441 g/mol. The van der Waals surface area contributed by atoms with E-state index < -0.39 is 17.7 Å². The Bertz CT molecular complexity index is 944. The molecule has 32 heavy (non-hydrogen) atoms. The highest BCUT2D eigenvalue weighted by atomic mass is 16.5. The Morgan fingerprint density at radius 1 is 1.09 bits per heavy atom. The predicted molar refractivity (Wildman–Crippen MR) is 122 cm³/mol. The van der Waals surface area contributed by atoms with Gasteiger partial charge >= 0.3 is 6.03 Å². The number of methoxy groups -OCH3 is 1. The number of aliphatic hydroxyl groups is 1. The standard InChI is InChI=1S/C25H32N2O5/c1-17(2)21-7-5-6-8-22(21)32-16-19(28)15-27-23(29)25(3,26-24(27)30)14-13-18-9-11-20(31-4)12-10-18/h5-12,17,19,28H,13-16H2,1-4H3,(H,26,30). The number of ether oxygens (including phenoxy) is 2. The van der Waals surface area contributed by atoms with Gasteiger partial charge in [0.15, 0.2) is 0 Å². The maximum absolute atomic E-state index is 13.0. The van der Waals surface area contributed by atoms with Crippen molar-refractivity contribution in [1.29, 1.82) is 0 Å². The van der Waals surface area contributed by atoms with E-state index in [9.17, 15) is 14.7 Å². The topological polar surface area (TPSA) is 88.1 Å². The first-order valence-electron chi connectivity index (χ1n) is 10.9. The minimum Gasteiger partial charge on any atom is -0.497 e. The van der Waals surface area contributed by atoms with Crippen LogP contribution in [0, 0.1) is 0 Å². The number of aryl methyl sites for hydroxylation is 1. The minimum absolute atomic E-state index is 0.0106. The Morgan fingerprint density at radius 3 is 2.44 bits per heavy atom. The van der Waals surface area contributed by atoms with Crippen molar-refractivity contribution in [2.75, 3.05) is 20.3 Å². The Balaban J connectivity index is 1.56. The van der Waals surface area contributed by atoms with Gasteiger partial charge < -0.3 is 19.9 Å². The zero-order valence-electron chi connectivity index (χ0n) is 19.1. The molecule has 2 N–H and O–H groups in total. The fourth-order valence-corrected chi connectivity index (χ4v) is 3.81. The molecule has 1 aliphatic heterocycles. The SMILES string of the molecule is COc1ccc(CCC2(C)NC(=O)N(CC(O)COc3ccccc3C(C)C)C2=O)cc1. The summed E-state index contributed by atoms with van der Waals surface area (Å²) < 4.78 is 11.0. The van der Waals surface area contributed by atoms with Crippen LogP contribution in [0.4, 0.5) is 4.79 Å². The lowest BCUT2D eigenvalue weighted by Crippen LogP contribution is -2.45. The average Bonchev–Trinajstić information content (AvgIpc) is 3.00. The van der Waals surface area contributed by atoms with E-state index in [1.165, 1.54) is 0 Å². The molecule has 0 aliphatic carbocycles. The van der Waals surface area contributed by atoms with Gasteiger partial charge in [-0.2, -0.15) is 0 Å². The van der Waals surface area contributed by atoms with Crippen LogP contribution in [0.25, 0.3) is 0 Å². The van der Waals surface area contributed by atoms with Gasteiger partial charge in [0.05, 0.1) is 13.7 Å². The molecule has 0 spiro atoms. The molecule has 2 aromatic rings. The second kappa shape index (κ2) is 10.0. The lowest BCUT2D eigenvalue weighted by Gasteiger charge is -2.23. The van der Waals surface area contributed by atoms with E-state index in [1.807, 2.05) is 48.5 Å². The van der Waals surface area contributed by atoms with Gasteiger partial charge in [0.25, 0.3) is 5.91 Å². The number of nitrogens with zero attached hydrogens (tertiary/aromatic N) is 1. The second-order valence-electron chi connectivity index (χ2n) is 8.68. The molecule has 0 saturated carbocycles. The summed E-state index contributed by atoms with van der Waals surface area (Å²) in [7, 11) is 1.61. The molecule has 7 heteroatoms. The highest BCUT2D eigenvalue weighted by molar-refractivity contribution is 6.06. The monoisotopic (exact) mass is 440 g/mol. The van der Waals surface area contributed by atoms with Gasteiger partial charge in [-0.05, 0) is 55.0 Å². The van der Waals surface area contributed by atoms with E-state index in [2.05, 4.69) is 19.2 Å². The molecule has 3 rings (SSSR count). The number of β-amino-alcohol motifs (C(OH)–C–C–N with tert-alkyl or cyclic N) is 1. The van der Waals surface area contributed by atoms with Crippen LogP contribution in [0.1, 0.15) is 44.2 Å². The lowest BCUT2D eigenvalue weighted by atomic mass is 9.93. The Hall–Kier alpha value is -3.06. The number of carbonyl (C=O) groups is 2. The van der Waals surface area contributed by atoms with Crippen molar-refractivity contribution in [3.05, 3.63) is 59.7 Å². The highest BCUT2D eigenvalue weighted by Crippen LogP contribution is 2.27. The largest absolute Gasteiger partial charge is 0.497 e. The van der Waals surface area contributed by atoms with Gasteiger partial charge in [0.2, 0.25) is 0 Å². The number of carbonyl (C=O) groups excluding carboxylic acids is 2. The highest BCUT2D eigenvalue weighted by Gasteiger charge is 2.47. The van der Waals surface area contributed by atoms with Crippen LogP contribution < -0.4 is 14.8 Å². The van der Waals surface area contributed by atoms with Crippen molar-refractivity contribution in [3.63, 3.8) is 0 Å². The summed E-state index contributed by atoms with van der Waals surface area (Å²) in [6.45, 7) is 5.73. The molecule has 2 atom stereocenters. The molecular formula is C25H32N2O5. The number of hydrogen-bond donors (Lipinski definition) is 2. The molecule has 0 aromatic heterocycles. The van der Waals surface area contributed by atoms with Crippen LogP contribution in [0.3, 0.4) is 0 Å². The molecule has 2 unspecified atom stereocenters. The molecule has 3 amide bonds. The van der Waals surface area contributed by atoms with Crippen LogP contribution >= 0.6 is 0 Å². The van der Waals surface area contributed by atoms with Gasteiger partial charge in [-0.15, -0.1) is 0 Å². The molecule has 1 aliphatic rings. The van der Waals surface area contributed by atoms with E-state index in [0.717, 1.165) is 21.8 Å². The number of rotatable bonds is 10. The third kappa shape index (κ3) is 5.40. The van der Waals surface area contributed by atoms with Crippen molar-refractivity contribution in [3.8, 4) is 11.5 Å². The fraction of sp³-hybridized carbons (Fsp3) is 0.440. The third-order valence-corrected chi connectivity index (χ3v) is 5.78. The molecule has 0 radical (unpaired) electrons. The van der Waals surface area contributed by atoms with E-state index in [-0.39, 0.29) is 25.0 Å². The van der Waals surface area contributed by atoms with Crippen LogP contribution in [0.5, 0.6) is 11.5 Å². The number of aliphatic hydroxyl groups excluding tert-OH is 1. The normalized spacial score (nSPS) is 19.2. The number of imide groups is 1. The number of para-hydroxylation sites is 1. The molecule has 1 saturated heterocycles. The number of hydrogen-bond acceptors (Lipinski definition) is 5. The Morgan fingerprint density at radius 2 is 1.78 bits per heavy atom. The molecule has 1 heterocycles. The predicted octanol–water partition coefficient (Wildman–Crippen LogP) is 3.50. The van der Waals surface area contributed by atoms with Gasteiger partial charge in [-0.1, -0.05) is 44.2 Å². The molecule has 0 bridgehead atoms. The summed E-state index contributed by atoms with van der Waals surface area (Å²) in [5, 5.41) is 13.2. The zero-order chi connectivity index (χ0) is 23.3. The number of amides is 3. The molecule has 2 aromatic carbocycles. The number of urea groups is 1. The first kappa shape index (κ1) is 23.6. The summed E-state index contributed by atoms with van der Waals surface area (Å²) >= 11 is 0. The van der Waals surface area contributed by atoms with Crippen LogP contribution in [0.2, 0.25) is 0 Å². The van der Waals surface area contributed by atoms with Crippen LogP contribution in [-0.4, -0.2) is 53.8 Å². The smallest absolute Gasteiger partial charge is 0.325 e. The minimum atomic E-state index is -1.01. The Labute approximate surface area is 189 Å².